The predicted molar refractivity (Wildman–Crippen MR) is 93.9 cm³/mol. The number of amides is 1. The van der Waals surface area contributed by atoms with Crippen molar-refractivity contribution in [2.24, 2.45) is 5.92 Å². The number of hydrogen-bond donors (Lipinski definition) is 0. The molecule has 1 atom stereocenters. The maximum atomic E-state index is 12.8. The van der Waals surface area contributed by atoms with Crippen LogP contribution in [0.1, 0.15) is 39.0 Å². The van der Waals surface area contributed by atoms with Gasteiger partial charge in [0.25, 0.3) is 5.91 Å². The Morgan fingerprint density at radius 3 is 3.00 bits per heavy atom. The molecule has 1 aromatic carbocycles. The topological polar surface area (TPSA) is 38.8 Å². The summed E-state index contributed by atoms with van der Waals surface area (Å²) in [7, 11) is 1.86. The molecule has 126 valence electrons. The number of thiophene rings is 1. The SMILES string of the molecule is CC1CCc2sc(C(=O)N(C)Cc3ccc4c(c3)OCO4)cc2C1. The Labute approximate surface area is 146 Å². The Morgan fingerprint density at radius 1 is 1.29 bits per heavy atom. The lowest BCUT2D eigenvalue weighted by molar-refractivity contribution is 0.0789. The molecule has 2 heterocycles. The van der Waals surface area contributed by atoms with Gasteiger partial charge in [0.1, 0.15) is 0 Å². The number of hydrogen-bond acceptors (Lipinski definition) is 4. The molecule has 1 aromatic heterocycles. The first-order valence-electron chi connectivity index (χ1n) is 8.35. The van der Waals surface area contributed by atoms with Crippen molar-refractivity contribution in [2.45, 2.75) is 32.7 Å². The van der Waals surface area contributed by atoms with Crippen molar-refractivity contribution in [2.75, 3.05) is 13.8 Å². The fraction of sp³-hybridized carbons (Fsp3) is 0.421. The van der Waals surface area contributed by atoms with Crippen LogP contribution in [0.15, 0.2) is 24.3 Å². The highest BCUT2D eigenvalue weighted by Crippen LogP contribution is 2.34. The number of ether oxygens (including phenoxy) is 2. The van der Waals surface area contributed by atoms with Gasteiger partial charge in [0.2, 0.25) is 6.79 Å². The van der Waals surface area contributed by atoms with Gasteiger partial charge in [-0.1, -0.05) is 13.0 Å². The first kappa shape index (κ1) is 15.5. The summed E-state index contributed by atoms with van der Waals surface area (Å²) in [5.41, 5.74) is 2.42. The van der Waals surface area contributed by atoms with Gasteiger partial charge in [-0.3, -0.25) is 4.79 Å². The monoisotopic (exact) mass is 343 g/mol. The number of aryl methyl sites for hydroxylation is 1. The van der Waals surface area contributed by atoms with Crippen LogP contribution < -0.4 is 9.47 Å². The molecule has 1 amide bonds. The third kappa shape index (κ3) is 2.88. The van der Waals surface area contributed by atoms with E-state index in [4.69, 9.17) is 9.47 Å². The zero-order chi connectivity index (χ0) is 16.7. The molecule has 0 fully saturated rings. The highest BCUT2D eigenvalue weighted by atomic mass is 32.1. The number of rotatable bonds is 3. The zero-order valence-electron chi connectivity index (χ0n) is 14.0. The lowest BCUT2D eigenvalue weighted by Crippen LogP contribution is -2.25. The van der Waals surface area contributed by atoms with E-state index < -0.39 is 0 Å². The van der Waals surface area contributed by atoms with Crippen molar-refractivity contribution in [3.05, 3.63) is 45.1 Å². The van der Waals surface area contributed by atoms with Crippen LogP contribution in [0.5, 0.6) is 11.5 Å². The molecule has 5 heteroatoms. The van der Waals surface area contributed by atoms with E-state index in [0.717, 1.165) is 40.7 Å². The molecule has 0 saturated carbocycles. The summed E-state index contributed by atoms with van der Waals surface area (Å²) in [4.78, 5) is 16.8. The van der Waals surface area contributed by atoms with E-state index in [1.54, 1.807) is 16.2 Å². The Kier molecular flexibility index (Phi) is 3.96. The first-order valence-corrected chi connectivity index (χ1v) is 9.17. The zero-order valence-corrected chi connectivity index (χ0v) is 14.8. The molecule has 1 aliphatic carbocycles. The highest BCUT2D eigenvalue weighted by molar-refractivity contribution is 7.14. The number of benzene rings is 1. The Bertz CT molecular complexity index is 783. The molecule has 2 aliphatic rings. The molecule has 4 rings (SSSR count). The Hall–Kier alpha value is -2.01. The summed E-state index contributed by atoms with van der Waals surface area (Å²) in [5.74, 6) is 2.35. The standard InChI is InChI=1S/C19H21NO3S/c1-12-3-6-17-14(7-12)9-18(24-17)19(21)20(2)10-13-4-5-15-16(8-13)23-11-22-15/h4-5,8-9,12H,3,6-7,10-11H2,1-2H3. The Balaban J connectivity index is 1.48. The van der Waals surface area contributed by atoms with Crippen LogP contribution in [0.3, 0.4) is 0 Å². The van der Waals surface area contributed by atoms with Crippen molar-refractivity contribution in [1.29, 1.82) is 0 Å². The largest absolute Gasteiger partial charge is 0.454 e. The highest BCUT2D eigenvalue weighted by Gasteiger charge is 2.22. The van der Waals surface area contributed by atoms with E-state index in [9.17, 15) is 4.79 Å². The molecule has 0 N–H and O–H groups in total. The molecule has 24 heavy (non-hydrogen) atoms. The predicted octanol–water partition coefficient (Wildman–Crippen LogP) is 3.87. The van der Waals surface area contributed by atoms with Crippen LogP contribution in [0, 0.1) is 5.92 Å². The second kappa shape index (κ2) is 6.13. The summed E-state index contributed by atoms with van der Waals surface area (Å²) in [6.45, 7) is 3.12. The van der Waals surface area contributed by atoms with Crippen LogP contribution in [0.4, 0.5) is 0 Å². The van der Waals surface area contributed by atoms with Gasteiger partial charge in [-0.2, -0.15) is 0 Å². The van der Waals surface area contributed by atoms with Gasteiger partial charge >= 0.3 is 0 Å². The average Bonchev–Trinajstić information content (AvgIpc) is 3.19. The molecule has 0 spiro atoms. The van der Waals surface area contributed by atoms with Crippen LogP contribution in [-0.4, -0.2) is 24.6 Å². The second-order valence-corrected chi connectivity index (χ2v) is 7.89. The third-order valence-corrected chi connectivity index (χ3v) is 5.97. The summed E-state index contributed by atoms with van der Waals surface area (Å²) >= 11 is 1.67. The normalized spacial score (nSPS) is 18.3. The first-order chi connectivity index (χ1) is 11.6. The minimum Gasteiger partial charge on any atom is -0.454 e. The summed E-state index contributed by atoms with van der Waals surface area (Å²) in [6.07, 6.45) is 3.44. The molecule has 1 unspecified atom stereocenters. The summed E-state index contributed by atoms with van der Waals surface area (Å²) < 4.78 is 10.7. The lowest BCUT2D eigenvalue weighted by Gasteiger charge is -2.16. The Morgan fingerprint density at radius 2 is 2.12 bits per heavy atom. The van der Waals surface area contributed by atoms with Crippen molar-refractivity contribution in [3.63, 3.8) is 0 Å². The number of carbonyl (C=O) groups excluding carboxylic acids is 1. The third-order valence-electron chi connectivity index (χ3n) is 4.74. The number of fused-ring (bicyclic) bond motifs is 2. The smallest absolute Gasteiger partial charge is 0.263 e. The lowest BCUT2D eigenvalue weighted by atomic mass is 9.90. The van der Waals surface area contributed by atoms with Crippen molar-refractivity contribution in [1.82, 2.24) is 4.90 Å². The molecule has 0 radical (unpaired) electrons. The fourth-order valence-electron chi connectivity index (χ4n) is 3.38. The van der Waals surface area contributed by atoms with E-state index in [1.807, 2.05) is 25.2 Å². The molecule has 4 nitrogen and oxygen atoms in total. The molecule has 0 bridgehead atoms. The van der Waals surface area contributed by atoms with Crippen LogP contribution in [0.25, 0.3) is 0 Å². The van der Waals surface area contributed by atoms with Crippen molar-refractivity contribution < 1.29 is 14.3 Å². The number of carbonyl (C=O) groups is 1. The minimum atomic E-state index is 0.0970. The van der Waals surface area contributed by atoms with E-state index in [-0.39, 0.29) is 12.7 Å². The molecule has 2 aromatic rings. The van der Waals surface area contributed by atoms with E-state index >= 15 is 0 Å². The van der Waals surface area contributed by atoms with E-state index in [0.29, 0.717) is 6.54 Å². The molecular formula is C19H21NO3S. The van der Waals surface area contributed by atoms with Crippen molar-refractivity contribution in [3.8, 4) is 11.5 Å². The van der Waals surface area contributed by atoms with E-state index in [1.165, 1.54) is 16.9 Å². The van der Waals surface area contributed by atoms with E-state index in [2.05, 4.69) is 13.0 Å². The van der Waals surface area contributed by atoms with Gasteiger partial charge in [0.05, 0.1) is 4.88 Å². The maximum absolute atomic E-state index is 12.8. The molecule has 0 saturated heterocycles. The second-order valence-electron chi connectivity index (χ2n) is 6.76. The average molecular weight is 343 g/mol. The van der Waals surface area contributed by atoms with Gasteiger partial charge in [-0.25, -0.2) is 0 Å². The summed E-state index contributed by atoms with van der Waals surface area (Å²) in [5, 5.41) is 0. The number of nitrogens with zero attached hydrogens (tertiary/aromatic N) is 1. The van der Waals surface area contributed by atoms with Crippen molar-refractivity contribution >= 4 is 17.2 Å². The maximum Gasteiger partial charge on any atom is 0.263 e. The van der Waals surface area contributed by atoms with Gasteiger partial charge < -0.3 is 14.4 Å². The van der Waals surface area contributed by atoms with Crippen LogP contribution >= 0.6 is 11.3 Å². The van der Waals surface area contributed by atoms with Gasteiger partial charge in [-0.05, 0) is 54.5 Å². The van der Waals surface area contributed by atoms with Gasteiger partial charge in [0.15, 0.2) is 11.5 Å². The van der Waals surface area contributed by atoms with Crippen LogP contribution in [-0.2, 0) is 19.4 Å². The molecule has 1 aliphatic heterocycles. The minimum absolute atomic E-state index is 0.0970. The quantitative estimate of drug-likeness (QED) is 0.849. The summed E-state index contributed by atoms with van der Waals surface area (Å²) in [6, 6.07) is 7.95. The fourth-order valence-corrected chi connectivity index (χ4v) is 4.59. The van der Waals surface area contributed by atoms with Gasteiger partial charge in [0, 0.05) is 18.5 Å². The van der Waals surface area contributed by atoms with Gasteiger partial charge in [-0.15, -0.1) is 11.3 Å². The van der Waals surface area contributed by atoms with Crippen LogP contribution in [0.2, 0.25) is 0 Å². The molecular weight excluding hydrogens is 322 g/mol.